The minimum atomic E-state index is -0.0593. The first-order chi connectivity index (χ1) is 6.49. The summed E-state index contributed by atoms with van der Waals surface area (Å²) in [6.45, 7) is 6.33. The topological polar surface area (TPSA) is 12.0 Å². The molecule has 0 saturated heterocycles. The summed E-state index contributed by atoms with van der Waals surface area (Å²) >= 11 is 6.22. The van der Waals surface area contributed by atoms with Crippen molar-refractivity contribution in [2.45, 2.75) is 26.3 Å². The summed E-state index contributed by atoms with van der Waals surface area (Å²) in [5, 5.41) is 4.31. The van der Waals surface area contributed by atoms with Crippen LogP contribution in [-0.4, -0.2) is 5.54 Å². The van der Waals surface area contributed by atoms with Gasteiger partial charge in [-0.25, -0.2) is 0 Å². The first-order valence-corrected chi connectivity index (χ1v) is 5.14. The van der Waals surface area contributed by atoms with Gasteiger partial charge >= 0.3 is 0 Å². The van der Waals surface area contributed by atoms with Gasteiger partial charge in [0, 0.05) is 16.3 Å². The minimum Gasteiger partial charge on any atom is -0.376 e. The van der Waals surface area contributed by atoms with Crippen molar-refractivity contribution in [3.8, 4) is 0 Å². The molecule has 14 heavy (non-hydrogen) atoms. The van der Waals surface area contributed by atoms with Crippen LogP contribution in [-0.2, 0) is 0 Å². The van der Waals surface area contributed by atoms with Crippen LogP contribution in [0, 0.1) is 6.92 Å². The molecule has 1 heterocycles. The van der Waals surface area contributed by atoms with Gasteiger partial charge in [-0.1, -0.05) is 29.8 Å². The Balaban J connectivity index is 2.62. The highest BCUT2D eigenvalue weighted by Crippen LogP contribution is 2.37. The maximum absolute atomic E-state index is 6.22. The molecule has 0 aromatic heterocycles. The number of benzene rings is 1. The second-order valence-corrected chi connectivity index (χ2v) is 4.74. The SMILES string of the molecule is Cc1cccc2c1NC(C)(C)C=C2Cl. The third-order valence-electron chi connectivity index (χ3n) is 2.46. The Morgan fingerprint density at radius 1 is 1.29 bits per heavy atom. The summed E-state index contributed by atoms with van der Waals surface area (Å²) in [5.41, 5.74) is 3.44. The molecular formula is C12H14ClN. The molecule has 0 unspecified atom stereocenters. The van der Waals surface area contributed by atoms with Crippen LogP contribution >= 0.6 is 11.6 Å². The van der Waals surface area contributed by atoms with Gasteiger partial charge in [0.25, 0.3) is 0 Å². The van der Waals surface area contributed by atoms with E-state index in [0.29, 0.717) is 0 Å². The summed E-state index contributed by atoms with van der Waals surface area (Å²) < 4.78 is 0. The smallest absolute Gasteiger partial charge is 0.0517 e. The average Bonchev–Trinajstić information content (AvgIpc) is 2.05. The highest BCUT2D eigenvalue weighted by molar-refractivity contribution is 6.49. The number of aryl methyl sites for hydroxylation is 1. The van der Waals surface area contributed by atoms with Crippen LogP contribution in [0.2, 0.25) is 0 Å². The van der Waals surface area contributed by atoms with Crippen molar-refractivity contribution in [2.24, 2.45) is 0 Å². The normalized spacial score (nSPS) is 18.1. The molecule has 1 aliphatic rings. The van der Waals surface area contributed by atoms with Crippen LogP contribution in [0.25, 0.3) is 5.03 Å². The quantitative estimate of drug-likeness (QED) is 0.683. The molecule has 2 rings (SSSR count). The lowest BCUT2D eigenvalue weighted by Gasteiger charge is -2.31. The van der Waals surface area contributed by atoms with E-state index in [9.17, 15) is 0 Å². The molecule has 0 saturated carbocycles. The molecular weight excluding hydrogens is 194 g/mol. The maximum Gasteiger partial charge on any atom is 0.0517 e. The zero-order valence-corrected chi connectivity index (χ0v) is 9.44. The number of halogens is 1. The van der Waals surface area contributed by atoms with E-state index in [1.54, 1.807) is 0 Å². The van der Waals surface area contributed by atoms with E-state index >= 15 is 0 Å². The molecule has 74 valence electrons. The highest BCUT2D eigenvalue weighted by Gasteiger charge is 2.23. The van der Waals surface area contributed by atoms with Crippen molar-refractivity contribution in [2.75, 3.05) is 5.32 Å². The number of para-hydroxylation sites is 1. The molecule has 1 nitrogen and oxygen atoms in total. The zero-order valence-electron chi connectivity index (χ0n) is 8.69. The Morgan fingerprint density at radius 3 is 2.71 bits per heavy atom. The summed E-state index contributed by atoms with van der Waals surface area (Å²) in [5.74, 6) is 0. The van der Waals surface area contributed by atoms with E-state index in [4.69, 9.17) is 11.6 Å². The molecule has 1 aliphatic heterocycles. The summed E-state index contributed by atoms with van der Waals surface area (Å²) in [6, 6.07) is 6.17. The number of fused-ring (bicyclic) bond motifs is 1. The molecule has 0 radical (unpaired) electrons. The van der Waals surface area contributed by atoms with Crippen molar-refractivity contribution in [1.82, 2.24) is 0 Å². The van der Waals surface area contributed by atoms with Crippen molar-refractivity contribution < 1.29 is 0 Å². The molecule has 0 atom stereocenters. The van der Waals surface area contributed by atoms with Crippen LogP contribution in [0.5, 0.6) is 0 Å². The van der Waals surface area contributed by atoms with Gasteiger partial charge in [-0.3, -0.25) is 0 Å². The van der Waals surface area contributed by atoms with Gasteiger partial charge in [-0.05, 0) is 32.4 Å². The molecule has 1 aromatic carbocycles. The maximum atomic E-state index is 6.22. The van der Waals surface area contributed by atoms with Crippen LogP contribution in [0.15, 0.2) is 24.3 Å². The summed E-state index contributed by atoms with van der Waals surface area (Å²) in [4.78, 5) is 0. The molecule has 0 aliphatic carbocycles. The van der Waals surface area contributed by atoms with Gasteiger partial charge in [-0.15, -0.1) is 0 Å². The van der Waals surface area contributed by atoms with Crippen molar-refractivity contribution in [3.63, 3.8) is 0 Å². The second kappa shape index (κ2) is 3.03. The molecule has 0 spiro atoms. The Kier molecular flexibility index (Phi) is 2.07. The van der Waals surface area contributed by atoms with Gasteiger partial charge < -0.3 is 5.32 Å². The predicted octanol–water partition coefficient (Wildman–Crippen LogP) is 3.78. The Hall–Kier alpha value is -0.950. The van der Waals surface area contributed by atoms with Gasteiger partial charge in [0.05, 0.1) is 5.54 Å². The van der Waals surface area contributed by atoms with Gasteiger partial charge in [0.15, 0.2) is 0 Å². The molecule has 1 N–H and O–H groups in total. The van der Waals surface area contributed by atoms with E-state index in [0.717, 1.165) is 16.3 Å². The fourth-order valence-electron chi connectivity index (χ4n) is 1.79. The van der Waals surface area contributed by atoms with Crippen LogP contribution in [0.1, 0.15) is 25.0 Å². The molecule has 2 heteroatoms. The lowest BCUT2D eigenvalue weighted by molar-refractivity contribution is 0.708. The number of anilines is 1. The Labute approximate surface area is 89.8 Å². The lowest BCUT2D eigenvalue weighted by atomic mass is 9.95. The van der Waals surface area contributed by atoms with Crippen molar-refractivity contribution in [3.05, 3.63) is 35.4 Å². The zero-order chi connectivity index (χ0) is 10.3. The Morgan fingerprint density at radius 2 is 2.00 bits per heavy atom. The van der Waals surface area contributed by atoms with E-state index < -0.39 is 0 Å². The second-order valence-electron chi connectivity index (χ2n) is 4.34. The summed E-state index contributed by atoms with van der Waals surface area (Å²) in [6.07, 6.45) is 2.05. The van der Waals surface area contributed by atoms with Gasteiger partial charge in [-0.2, -0.15) is 0 Å². The first-order valence-electron chi connectivity index (χ1n) is 4.76. The molecule has 0 amide bonds. The third-order valence-corrected chi connectivity index (χ3v) is 2.78. The van der Waals surface area contributed by atoms with Gasteiger partial charge in [0.2, 0.25) is 0 Å². The molecule has 0 bridgehead atoms. The highest BCUT2D eigenvalue weighted by atomic mass is 35.5. The fraction of sp³-hybridized carbons (Fsp3) is 0.333. The van der Waals surface area contributed by atoms with Crippen LogP contribution in [0.4, 0.5) is 5.69 Å². The van der Waals surface area contributed by atoms with E-state index in [-0.39, 0.29) is 5.54 Å². The Bertz CT molecular complexity index is 405. The number of nitrogens with one attached hydrogen (secondary N) is 1. The number of hydrogen-bond acceptors (Lipinski definition) is 1. The van der Waals surface area contributed by atoms with E-state index in [1.807, 2.05) is 12.1 Å². The average molecular weight is 208 g/mol. The van der Waals surface area contributed by atoms with Gasteiger partial charge in [0.1, 0.15) is 0 Å². The molecule has 1 aromatic rings. The van der Waals surface area contributed by atoms with Crippen LogP contribution in [0.3, 0.4) is 0 Å². The van der Waals surface area contributed by atoms with E-state index in [2.05, 4.69) is 38.2 Å². The monoisotopic (exact) mass is 207 g/mol. The lowest BCUT2D eigenvalue weighted by Crippen LogP contribution is -2.31. The number of hydrogen-bond donors (Lipinski definition) is 1. The van der Waals surface area contributed by atoms with E-state index in [1.165, 1.54) is 5.56 Å². The van der Waals surface area contributed by atoms with Crippen molar-refractivity contribution >= 4 is 22.3 Å². The first kappa shape index (κ1) is 9.60. The minimum absolute atomic E-state index is 0.0593. The molecule has 0 fully saturated rings. The van der Waals surface area contributed by atoms with Crippen molar-refractivity contribution in [1.29, 1.82) is 0 Å². The summed E-state index contributed by atoms with van der Waals surface area (Å²) in [7, 11) is 0. The largest absolute Gasteiger partial charge is 0.376 e. The predicted molar refractivity (Wildman–Crippen MR) is 62.7 cm³/mol. The van der Waals surface area contributed by atoms with Crippen LogP contribution < -0.4 is 5.32 Å². The number of rotatable bonds is 0. The standard InChI is InChI=1S/C12H14ClN/c1-8-5-4-6-9-10(13)7-12(2,3)14-11(8)9/h4-7,14H,1-3H3. The third kappa shape index (κ3) is 1.53. The fourth-order valence-corrected chi connectivity index (χ4v) is 2.22.